The van der Waals surface area contributed by atoms with Crippen molar-refractivity contribution in [1.82, 2.24) is 15.5 Å². The van der Waals surface area contributed by atoms with Gasteiger partial charge < -0.3 is 10.4 Å². The number of nitrogens with zero attached hydrogens (tertiary/aromatic N) is 1. The van der Waals surface area contributed by atoms with E-state index in [1.807, 2.05) is 6.92 Å². The van der Waals surface area contributed by atoms with Crippen molar-refractivity contribution < 1.29 is 14.7 Å². The minimum Gasteiger partial charge on any atom is -0.480 e. The Morgan fingerprint density at radius 1 is 1.50 bits per heavy atom. The van der Waals surface area contributed by atoms with E-state index in [1.165, 1.54) is 6.92 Å². The quantitative estimate of drug-likeness (QED) is 0.680. The summed E-state index contributed by atoms with van der Waals surface area (Å²) in [5, 5.41) is 17.8. The molecule has 1 heterocycles. The fraction of sp³-hybridized carbons (Fsp3) is 0.500. The molecule has 0 aliphatic heterocycles. The summed E-state index contributed by atoms with van der Waals surface area (Å²) >= 11 is 0. The highest BCUT2D eigenvalue weighted by molar-refractivity contribution is 5.84. The molecule has 88 valence electrons. The highest BCUT2D eigenvalue weighted by Crippen LogP contribution is 2.09. The molecule has 0 saturated carbocycles. The number of carboxylic acids is 1. The molecule has 0 unspecified atom stereocenters. The molecule has 1 amide bonds. The lowest BCUT2D eigenvalue weighted by atomic mass is 10.1. The Balaban J connectivity index is 2.62. The lowest BCUT2D eigenvalue weighted by Gasteiger charge is -2.09. The Morgan fingerprint density at radius 2 is 2.12 bits per heavy atom. The molecule has 1 aromatic rings. The van der Waals surface area contributed by atoms with Gasteiger partial charge in [-0.15, -0.1) is 0 Å². The van der Waals surface area contributed by atoms with Crippen LogP contribution in [0.5, 0.6) is 0 Å². The molecule has 0 aliphatic carbocycles. The molecule has 0 radical (unpaired) electrons. The van der Waals surface area contributed by atoms with Crippen LogP contribution in [0.2, 0.25) is 0 Å². The van der Waals surface area contributed by atoms with Gasteiger partial charge in [0.2, 0.25) is 5.91 Å². The second-order valence-electron chi connectivity index (χ2n) is 3.72. The van der Waals surface area contributed by atoms with E-state index >= 15 is 0 Å². The van der Waals surface area contributed by atoms with Crippen molar-refractivity contribution in [2.24, 2.45) is 0 Å². The maximum Gasteiger partial charge on any atom is 0.325 e. The molecule has 16 heavy (non-hydrogen) atoms. The summed E-state index contributed by atoms with van der Waals surface area (Å²) in [6.07, 6.45) is 0.145. The number of aliphatic carboxylic acids is 1. The van der Waals surface area contributed by atoms with E-state index in [-0.39, 0.29) is 12.3 Å². The molecule has 6 heteroatoms. The maximum atomic E-state index is 11.5. The van der Waals surface area contributed by atoms with E-state index in [0.29, 0.717) is 0 Å². The normalized spacial score (nSPS) is 12.2. The second-order valence-corrected chi connectivity index (χ2v) is 3.72. The first kappa shape index (κ1) is 12.2. The van der Waals surface area contributed by atoms with Crippen LogP contribution in [0, 0.1) is 13.8 Å². The average molecular weight is 225 g/mol. The Kier molecular flexibility index (Phi) is 3.65. The predicted octanol–water partition coefficient (Wildman–Crippen LogP) is 0.158. The van der Waals surface area contributed by atoms with Crippen molar-refractivity contribution in [3.8, 4) is 0 Å². The number of rotatable bonds is 4. The Morgan fingerprint density at radius 3 is 2.56 bits per heavy atom. The van der Waals surface area contributed by atoms with Gasteiger partial charge in [-0.25, -0.2) is 0 Å². The van der Waals surface area contributed by atoms with Gasteiger partial charge in [-0.05, 0) is 20.8 Å². The molecule has 3 N–H and O–H groups in total. The number of aromatic nitrogens is 2. The van der Waals surface area contributed by atoms with Gasteiger partial charge in [0.15, 0.2) is 0 Å². The molecule has 6 nitrogen and oxygen atoms in total. The van der Waals surface area contributed by atoms with E-state index < -0.39 is 12.0 Å². The van der Waals surface area contributed by atoms with Crippen molar-refractivity contribution in [3.63, 3.8) is 0 Å². The van der Waals surface area contributed by atoms with Crippen molar-refractivity contribution in [3.05, 3.63) is 17.0 Å². The molecule has 0 fully saturated rings. The largest absolute Gasteiger partial charge is 0.480 e. The second kappa shape index (κ2) is 4.78. The smallest absolute Gasteiger partial charge is 0.325 e. The Bertz CT molecular complexity index is 392. The van der Waals surface area contributed by atoms with E-state index in [1.54, 1.807) is 6.92 Å². The van der Waals surface area contributed by atoms with Gasteiger partial charge in [0.1, 0.15) is 6.04 Å². The zero-order valence-corrected chi connectivity index (χ0v) is 9.50. The number of aryl methyl sites for hydroxylation is 2. The van der Waals surface area contributed by atoms with Gasteiger partial charge in [-0.1, -0.05) is 0 Å². The summed E-state index contributed by atoms with van der Waals surface area (Å²) in [6.45, 7) is 5.05. The van der Waals surface area contributed by atoms with Gasteiger partial charge in [0.25, 0.3) is 0 Å². The van der Waals surface area contributed by atoms with E-state index in [4.69, 9.17) is 5.11 Å². The highest BCUT2D eigenvalue weighted by atomic mass is 16.4. The number of nitrogens with one attached hydrogen (secondary N) is 2. The maximum absolute atomic E-state index is 11.5. The Hall–Kier alpha value is -1.85. The first-order chi connectivity index (χ1) is 7.41. The molecule has 1 aromatic heterocycles. The number of carboxylic acid groups (broad SMARTS) is 1. The van der Waals surface area contributed by atoms with Crippen molar-refractivity contribution >= 4 is 11.9 Å². The van der Waals surface area contributed by atoms with Gasteiger partial charge in [-0.2, -0.15) is 5.10 Å². The minimum atomic E-state index is -1.05. The lowest BCUT2D eigenvalue weighted by molar-refractivity contribution is -0.141. The van der Waals surface area contributed by atoms with Crippen LogP contribution in [0.25, 0.3) is 0 Å². The van der Waals surface area contributed by atoms with E-state index in [0.717, 1.165) is 17.0 Å². The number of carbonyl (C=O) groups is 2. The predicted molar refractivity (Wildman–Crippen MR) is 57.0 cm³/mol. The minimum absolute atomic E-state index is 0.145. The van der Waals surface area contributed by atoms with Crippen LogP contribution in [0.4, 0.5) is 0 Å². The van der Waals surface area contributed by atoms with Crippen LogP contribution in [0.15, 0.2) is 0 Å². The van der Waals surface area contributed by atoms with Gasteiger partial charge in [0.05, 0.1) is 12.1 Å². The standard InChI is InChI=1S/C10H15N3O3/c1-5-8(6(2)13-12-5)4-9(14)11-7(3)10(15)16/h7H,4H2,1-3H3,(H,11,14)(H,12,13)(H,15,16)/t7-/m0/s1. The molecular weight excluding hydrogens is 210 g/mol. The van der Waals surface area contributed by atoms with E-state index in [2.05, 4.69) is 15.5 Å². The zero-order chi connectivity index (χ0) is 12.3. The van der Waals surface area contributed by atoms with Gasteiger partial charge >= 0.3 is 5.97 Å². The number of hydrogen-bond donors (Lipinski definition) is 3. The third-order valence-corrected chi connectivity index (χ3v) is 2.37. The van der Waals surface area contributed by atoms with E-state index in [9.17, 15) is 9.59 Å². The molecule has 0 saturated heterocycles. The van der Waals surface area contributed by atoms with Crippen LogP contribution < -0.4 is 5.32 Å². The third kappa shape index (κ3) is 2.82. The molecule has 0 aromatic carbocycles. The highest BCUT2D eigenvalue weighted by Gasteiger charge is 2.16. The third-order valence-electron chi connectivity index (χ3n) is 2.37. The zero-order valence-electron chi connectivity index (χ0n) is 9.50. The van der Waals surface area contributed by atoms with Crippen molar-refractivity contribution in [2.45, 2.75) is 33.2 Å². The van der Waals surface area contributed by atoms with Crippen LogP contribution in [-0.4, -0.2) is 33.2 Å². The molecular formula is C10H15N3O3. The number of hydrogen-bond acceptors (Lipinski definition) is 3. The molecule has 0 spiro atoms. The average Bonchev–Trinajstić information content (AvgIpc) is 2.49. The van der Waals surface area contributed by atoms with Crippen molar-refractivity contribution in [1.29, 1.82) is 0 Å². The van der Waals surface area contributed by atoms with Gasteiger partial charge in [-0.3, -0.25) is 14.7 Å². The summed E-state index contributed by atoms with van der Waals surface area (Å²) in [4.78, 5) is 22.1. The van der Waals surface area contributed by atoms with Crippen LogP contribution >= 0.6 is 0 Å². The first-order valence-electron chi connectivity index (χ1n) is 4.94. The summed E-state index contributed by atoms with van der Waals surface area (Å²) in [5.41, 5.74) is 2.40. The fourth-order valence-electron chi connectivity index (χ4n) is 1.35. The SMILES string of the molecule is Cc1n[nH]c(C)c1CC(=O)N[C@@H](C)C(=O)O. The summed E-state index contributed by atoms with van der Waals surface area (Å²) in [6, 6.07) is -0.875. The lowest BCUT2D eigenvalue weighted by Crippen LogP contribution is -2.39. The fourth-order valence-corrected chi connectivity index (χ4v) is 1.35. The number of amides is 1. The Labute approximate surface area is 93.1 Å². The van der Waals surface area contributed by atoms with Crippen LogP contribution in [0.1, 0.15) is 23.9 Å². The number of aromatic amines is 1. The summed E-state index contributed by atoms with van der Waals surface area (Å²) in [5.74, 6) is -1.36. The van der Waals surface area contributed by atoms with Crippen molar-refractivity contribution in [2.75, 3.05) is 0 Å². The summed E-state index contributed by atoms with van der Waals surface area (Å²) < 4.78 is 0. The molecule has 0 bridgehead atoms. The monoisotopic (exact) mass is 225 g/mol. The molecule has 1 atom stereocenters. The van der Waals surface area contributed by atoms with Crippen LogP contribution in [0.3, 0.4) is 0 Å². The van der Waals surface area contributed by atoms with Gasteiger partial charge in [0, 0.05) is 11.3 Å². The first-order valence-corrected chi connectivity index (χ1v) is 4.94. The topological polar surface area (TPSA) is 95.1 Å². The molecule has 0 aliphatic rings. The molecule has 1 rings (SSSR count). The number of carbonyl (C=O) groups excluding carboxylic acids is 1. The number of H-pyrrole nitrogens is 1. The summed E-state index contributed by atoms with van der Waals surface area (Å²) in [7, 11) is 0. The van der Waals surface area contributed by atoms with Crippen LogP contribution in [-0.2, 0) is 16.0 Å².